The lowest BCUT2D eigenvalue weighted by molar-refractivity contribution is -0.125. The highest BCUT2D eigenvalue weighted by Crippen LogP contribution is 2.42. The number of allylic oxidation sites excluding steroid dienone is 1. The lowest BCUT2D eigenvalue weighted by atomic mass is 9.81. The number of carbonyl (C=O) groups excluding carboxylic acids is 2. The molecule has 0 aromatic heterocycles. The summed E-state index contributed by atoms with van der Waals surface area (Å²) in [7, 11) is 0. The molecule has 0 spiro atoms. The molecule has 1 heterocycles. The molecule has 3 fully saturated rings. The molecule has 134 valence electrons. The molecule has 0 aromatic carbocycles. The largest absolute Gasteiger partial charge is 0.395 e. The monoisotopic (exact) mass is 335 g/mol. The second kappa shape index (κ2) is 8.23. The Balaban J connectivity index is 1.37. The molecular weight excluding hydrogens is 306 g/mol. The third kappa shape index (κ3) is 4.65. The zero-order chi connectivity index (χ0) is 16.9. The van der Waals surface area contributed by atoms with Crippen LogP contribution in [0.3, 0.4) is 0 Å². The van der Waals surface area contributed by atoms with E-state index in [1.54, 1.807) is 6.20 Å². The Bertz CT molecular complexity index is 474. The van der Waals surface area contributed by atoms with Gasteiger partial charge < -0.3 is 10.4 Å². The van der Waals surface area contributed by atoms with Crippen LogP contribution in [-0.2, 0) is 9.59 Å². The molecule has 1 saturated heterocycles. The maximum atomic E-state index is 12.2. The molecule has 0 atom stereocenters. The number of nitrogens with zero attached hydrogens (tertiary/aromatic N) is 2. The van der Waals surface area contributed by atoms with Gasteiger partial charge in [0.15, 0.2) is 11.6 Å². The third-order valence-corrected chi connectivity index (χ3v) is 5.48. The summed E-state index contributed by atoms with van der Waals surface area (Å²) in [6, 6.07) is 0. The highest BCUT2D eigenvalue weighted by Gasteiger charge is 2.39. The van der Waals surface area contributed by atoms with Crippen molar-refractivity contribution in [2.24, 2.45) is 11.8 Å². The summed E-state index contributed by atoms with van der Waals surface area (Å²) in [5.74, 6) is 0.968. The van der Waals surface area contributed by atoms with E-state index in [4.69, 9.17) is 5.11 Å². The molecule has 3 aliphatic rings. The number of aliphatic hydroxyl groups excluding tert-OH is 1. The van der Waals surface area contributed by atoms with E-state index >= 15 is 0 Å². The number of nitrogens with one attached hydrogen (secondary N) is 1. The van der Waals surface area contributed by atoms with Crippen molar-refractivity contribution in [3.05, 3.63) is 11.8 Å². The van der Waals surface area contributed by atoms with E-state index in [9.17, 15) is 9.59 Å². The molecule has 24 heavy (non-hydrogen) atoms. The summed E-state index contributed by atoms with van der Waals surface area (Å²) in [5.41, 5.74) is 0.375. The Morgan fingerprint density at radius 3 is 2.08 bits per heavy atom. The molecule has 0 aromatic rings. The smallest absolute Gasteiger partial charge is 0.168 e. The predicted molar refractivity (Wildman–Crippen MR) is 91.5 cm³/mol. The van der Waals surface area contributed by atoms with Crippen LogP contribution >= 0.6 is 0 Å². The van der Waals surface area contributed by atoms with Gasteiger partial charge in [-0.3, -0.25) is 19.4 Å². The number of Topliss-reactive ketones (excluding diaryl/α,β-unsaturated/α-hetero) is 2. The molecule has 1 aliphatic heterocycles. The van der Waals surface area contributed by atoms with E-state index < -0.39 is 0 Å². The molecule has 0 bridgehead atoms. The summed E-state index contributed by atoms with van der Waals surface area (Å²) in [6.07, 6.45) is 5.13. The molecule has 2 saturated carbocycles. The fraction of sp³-hybridized carbons (Fsp3) is 0.778. The van der Waals surface area contributed by atoms with E-state index in [0.717, 1.165) is 45.8 Å². The summed E-state index contributed by atoms with van der Waals surface area (Å²) < 4.78 is 0. The third-order valence-electron chi connectivity index (χ3n) is 5.48. The number of rotatable bonds is 7. The minimum Gasteiger partial charge on any atom is -0.395 e. The van der Waals surface area contributed by atoms with Gasteiger partial charge in [0.05, 0.1) is 12.2 Å². The van der Waals surface area contributed by atoms with Crippen LogP contribution in [0.15, 0.2) is 11.8 Å². The lowest BCUT2D eigenvalue weighted by Crippen LogP contribution is -2.48. The van der Waals surface area contributed by atoms with Gasteiger partial charge in [-0.1, -0.05) is 0 Å². The Morgan fingerprint density at radius 2 is 1.54 bits per heavy atom. The van der Waals surface area contributed by atoms with Gasteiger partial charge in [0.1, 0.15) is 0 Å². The molecule has 0 unspecified atom stereocenters. The average molecular weight is 335 g/mol. The van der Waals surface area contributed by atoms with Crippen molar-refractivity contribution in [3.63, 3.8) is 0 Å². The number of hydrogen-bond donors (Lipinski definition) is 2. The Kier molecular flexibility index (Phi) is 6.03. The van der Waals surface area contributed by atoms with Crippen molar-refractivity contribution < 1.29 is 14.7 Å². The van der Waals surface area contributed by atoms with Crippen LogP contribution in [0.4, 0.5) is 0 Å². The van der Waals surface area contributed by atoms with Crippen molar-refractivity contribution in [1.82, 2.24) is 15.1 Å². The molecule has 2 aliphatic carbocycles. The summed E-state index contributed by atoms with van der Waals surface area (Å²) >= 11 is 0. The standard InChI is InChI=1S/C18H29N3O3/c22-10-9-21-7-5-20(6-8-21)4-3-19-13-16-17(23)11-15(12-18(16)24)14-1-2-14/h13-15,19,22H,1-12H2. The highest BCUT2D eigenvalue weighted by molar-refractivity contribution is 6.21. The second-order valence-electron chi connectivity index (χ2n) is 7.27. The average Bonchev–Trinajstić information content (AvgIpc) is 3.40. The summed E-state index contributed by atoms with van der Waals surface area (Å²) in [6.45, 7) is 6.60. The molecule has 3 rings (SSSR count). The molecule has 6 heteroatoms. The highest BCUT2D eigenvalue weighted by atomic mass is 16.3. The van der Waals surface area contributed by atoms with Gasteiger partial charge in [-0.05, 0) is 24.7 Å². The van der Waals surface area contributed by atoms with Gasteiger partial charge in [0.2, 0.25) is 0 Å². The maximum absolute atomic E-state index is 12.2. The zero-order valence-electron chi connectivity index (χ0n) is 14.4. The number of hydrogen-bond acceptors (Lipinski definition) is 6. The Labute approximate surface area is 143 Å². The van der Waals surface area contributed by atoms with Crippen LogP contribution < -0.4 is 5.32 Å². The number of carbonyl (C=O) groups is 2. The Hall–Kier alpha value is -1.24. The molecule has 6 nitrogen and oxygen atoms in total. The Morgan fingerprint density at radius 1 is 0.958 bits per heavy atom. The van der Waals surface area contributed by atoms with Crippen molar-refractivity contribution in [1.29, 1.82) is 0 Å². The first-order chi connectivity index (χ1) is 11.7. The first kappa shape index (κ1) is 17.6. The first-order valence-corrected chi connectivity index (χ1v) is 9.23. The van der Waals surface area contributed by atoms with E-state index in [0.29, 0.717) is 30.3 Å². The van der Waals surface area contributed by atoms with E-state index in [-0.39, 0.29) is 18.2 Å². The molecule has 0 radical (unpaired) electrons. The van der Waals surface area contributed by atoms with Crippen LogP contribution in [0.1, 0.15) is 25.7 Å². The van der Waals surface area contributed by atoms with Gasteiger partial charge in [0.25, 0.3) is 0 Å². The summed E-state index contributed by atoms with van der Waals surface area (Å²) in [4.78, 5) is 29.0. The van der Waals surface area contributed by atoms with Crippen LogP contribution in [0, 0.1) is 11.8 Å². The van der Waals surface area contributed by atoms with Crippen molar-refractivity contribution >= 4 is 11.6 Å². The van der Waals surface area contributed by atoms with Crippen LogP contribution in [0.5, 0.6) is 0 Å². The van der Waals surface area contributed by atoms with Gasteiger partial charge in [-0.15, -0.1) is 0 Å². The van der Waals surface area contributed by atoms with Gasteiger partial charge >= 0.3 is 0 Å². The molecular formula is C18H29N3O3. The number of β-amino-alcohol motifs (C(OH)–C–C–N with tert-alkyl or cyclic N) is 1. The number of aliphatic hydroxyl groups is 1. The topological polar surface area (TPSA) is 72.9 Å². The second-order valence-corrected chi connectivity index (χ2v) is 7.27. The van der Waals surface area contributed by atoms with Crippen LogP contribution in [0.25, 0.3) is 0 Å². The minimum absolute atomic E-state index is 0.0215. The van der Waals surface area contributed by atoms with Gasteiger partial charge in [0, 0.05) is 64.9 Å². The molecule has 0 amide bonds. The maximum Gasteiger partial charge on any atom is 0.168 e. The van der Waals surface area contributed by atoms with E-state index in [2.05, 4.69) is 15.1 Å². The van der Waals surface area contributed by atoms with Crippen molar-refractivity contribution in [3.8, 4) is 0 Å². The quantitative estimate of drug-likeness (QED) is 0.388. The van der Waals surface area contributed by atoms with Crippen LogP contribution in [-0.4, -0.2) is 78.9 Å². The van der Waals surface area contributed by atoms with Gasteiger partial charge in [-0.2, -0.15) is 0 Å². The number of ketones is 2. The summed E-state index contributed by atoms with van der Waals surface area (Å²) in [5, 5.41) is 12.1. The van der Waals surface area contributed by atoms with E-state index in [1.165, 1.54) is 12.8 Å². The SMILES string of the molecule is O=C1CC(C2CC2)CC(=O)C1=CNCCN1CCN(CCO)CC1. The molecule has 2 N–H and O–H groups in total. The fourth-order valence-corrected chi connectivity index (χ4v) is 3.76. The predicted octanol–water partition coefficient (Wildman–Crippen LogP) is 0.0280. The normalized spacial score (nSPS) is 26.7. The minimum atomic E-state index is 0.0215. The fourth-order valence-electron chi connectivity index (χ4n) is 3.76. The van der Waals surface area contributed by atoms with Crippen molar-refractivity contribution in [2.45, 2.75) is 25.7 Å². The van der Waals surface area contributed by atoms with Gasteiger partial charge in [-0.25, -0.2) is 0 Å². The lowest BCUT2D eigenvalue weighted by Gasteiger charge is -2.34. The van der Waals surface area contributed by atoms with Crippen molar-refractivity contribution in [2.75, 3.05) is 52.4 Å². The zero-order valence-corrected chi connectivity index (χ0v) is 14.4. The first-order valence-electron chi connectivity index (χ1n) is 9.23. The van der Waals surface area contributed by atoms with Crippen LogP contribution in [0.2, 0.25) is 0 Å². The van der Waals surface area contributed by atoms with E-state index in [1.807, 2.05) is 0 Å². The number of piperazine rings is 1.